The lowest BCUT2D eigenvalue weighted by molar-refractivity contribution is -0.116. The molecule has 158 valence electrons. The number of oxazole rings is 1. The molecule has 0 radical (unpaired) electrons. The zero-order chi connectivity index (χ0) is 21.6. The van der Waals surface area contributed by atoms with Crippen molar-refractivity contribution in [3.8, 4) is 0 Å². The average molecular weight is 409 g/mol. The van der Waals surface area contributed by atoms with Crippen LogP contribution < -0.4 is 10.6 Å². The maximum absolute atomic E-state index is 12.2. The number of carbonyl (C=O) groups excluding carboxylic acids is 2. The molecule has 7 heteroatoms. The summed E-state index contributed by atoms with van der Waals surface area (Å²) < 4.78 is 10.9. The first-order valence-corrected chi connectivity index (χ1v) is 9.97. The summed E-state index contributed by atoms with van der Waals surface area (Å²) in [6.45, 7) is 6.68. The van der Waals surface area contributed by atoms with E-state index in [9.17, 15) is 9.59 Å². The Kier molecular flexibility index (Phi) is 6.72. The fourth-order valence-electron chi connectivity index (χ4n) is 2.76. The summed E-state index contributed by atoms with van der Waals surface area (Å²) in [7, 11) is 0. The van der Waals surface area contributed by atoms with E-state index in [1.54, 1.807) is 18.2 Å². The van der Waals surface area contributed by atoms with Crippen LogP contribution in [0.25, 0.3) is 11.1 Å². The van der Waals surface area contributed by atoms with E-state index in [2.05, 4.69) is 15.6 Å². The molecule has 1 heterocycles. The van der Waals surface area contributed by atoms with Gasteiger partial charge in [-0.25, -0.2) is 9.78 Å². The Morgan fingerprint density at radius 1 is 1.10 bits per heavy atom. The van der Waals surface area contributed by atoms with Gasteiger partial charge in [-0.05, 0) is 30.2 Å². The van der Waals surface area contributed by atoms with Gasteiger partial charge < -0.3 is 19.8 Å². The van der Waals surface area contributed by atoms with Crippen molar-refractivity contribution >= 4 is 28.8 Å². The number of anilines is 1. The monoisotopic (exact) mass is 409 g/mol. The molecule has 0 fully saturated rings. The van der Waals surface area contributed by atoms with E-state index in [1.165, 1.54) is 0 Å². The van der Waals surface area contributed by atoms with Crippen LogP contribution in [-0.4, -0.2) is 23.5 Å². The van der Waals surface area contributed by atoms with Crippen LogP contribution in [0.1, 0.15) is 45.1 Å². The zero-order valence-corrected chi connectivity index (χ0v) is 17.5. The molecule has 30 heavy (non-hydrogen) atoms. The topological polar surface area (TPSA) is 93.5 Å². The normalized spacial score (nSPS) is 11.3. The summed E-state index contributed by atoms with van der Waals surface area (Å²) >= 11 is 0. The molecule has 0 spiro atoms. The Hall–Kier alpha value is -3.35. The number of hydrogen-bond donors (Lipinski definition) is 2. The molecule has 2 amide bonds. The third-order valence-corrected chi connectivity index (χ3v) is 4.38. The summed E-state index contributed by atoms with van der Waals surface area (Å²) in [4.78, 5) is 28.4. The molecule has 0 aliphatic rings. The highest BCUT2D eigenvalue weighted by molar-refractivity contribution is 5.92. The van der Waals surface area contributed by atoms with Crippen LogP contribution in [0.5, 0.6) is 0 Å². The van der Waals surface area contributed by atoms with Crippen molar-refractivity contribution in [3.05, 3.63) is 60.0 Å². The number of rotatable bonds is 7. The highest BCUT2D eigenvalue weighted by Crippen LogP contribution is 2.27. The van der Waals surface area contributed by atoms with Crippen LogP contribution in [0, 0.1) is 0 Å². The summed E-state index contributed by atoms with van der Waals surface area (Å²) in [5, 5.41) is 5.50. The third-order valence-electron chi connectivity index (χ3n) is 4.38. The van der Waals surface area contributed by atoms with Gasteiger partial charge in [0.2, 0.25) is 11.8 Å². The lowest BCUT2D eigenvalue weighted by Crippen LogP contribution is -2.26. The first kappa shape index (κ1) is 21.4. The minimum Gasteiger partial charge on any atom is -0.445 e. The minimum atomic E-state index is -0.495. The molecule has 0 atom stereocenters. The number of hydrogen-bond acceptors (Lipinski definition) is 5. The molecule has 7 nitrogen and oxygen atoms in total. The smallest absolute Gasteiger partial charge is 0.407 e. The predicted molar refractivity (Wildman–Crippen MR) is 115 cm³/mol. The first-order valence-electron chi connectivity index (χ1n) is 9.97. The first-order chi connectivity index (χ1) is 14.3. The van der Waals surface area contributed by atoms with Crippen molar-refractivity contribution in [2.45, 2.75) is 45.6 Å². The van der Waals surface area contributed by atoms with Gasteiger partial charge in [0.05, 0.1) is 0 Å². The summed E-state index contributed by atoms with van der Waals surface area (Å²) in [5.41, 5.74) is 2.80. The van der Waals surface area contributed by atoms with Crippen LogP contribution in [0.3, 0.4) is 0 Å². The van der Waals surface area contributed by atoms with E-state index in [0.717, 1.165) is 5.56 Å². The highest BCUT2D eigenvalue weighted by Gasteiger charge is 2.21. The van der Waals surface area contributed by atoms with E-state index in [4.69, 9.17) is 9.15 Å². The van der Waals surface area contributed by atoms with Crippen molar-refractivity contribution < 1.29 is 18.7 Å². The van der Waals surface area contributed by atoms with Gasteiger partial charge in [0.15, 0.2) is 5.58 Å². The van der Waals surface area contributed by atoms with Gasteiger partial charge >= 0.3 is 6.09 Å². The number of amides is 2. The van der Waals surface area contributed by atoms with Gasteiger partial charge in [-0.1, -0.05) is 51.1 Å². The Morgan fingerprint density at radius 3 is 2.60 bits per heavy atom. The van der Waals surface area contributed by atoms with Crippen LogP contribution in [-0.2, 0) is 21.6 Å². The van der Waals surface area contributed by atoms with Crippen molar-refractivity contribution in [2.24, 2.45) is 0 Å². The number of nitrogens with one attached hydrogen (secondary N) is 2. The fourth-order valence-corrected chi connectivity index (χ4v) is 2.76. The largest absolute Gasteiger partial charge is 0.445 e. The van der Waals surface area contributed by atoms with Gasteiger partial charge in [-0.15, -0.1) is 0 Å². The molecule has 0 saturated heterocycles. The van der Waals surface area contributed by atoms with Crippen molar-refractivity contribution in [2.75, 3.05) is 11.9 Å². The number of nitrogens with zero attached hydrogens (tertiary/aromatic N) is 1. The summed E-state index contributed by atoms with van der Waals surface area (Å²) in [6, 6.07) is 14.8. The Morgan fingerprint density at radius 2 is 1.87 bits per heavy atom. The molecule has 0 bridgehead atoms. The predicted octanol–water partition coefficient (Wildman–Crippen LogP) is 4.77. The number of aromatic nitrogens is 1. The SMILES string of the molecule is CC(C)(C)c1nc2cc(NC(=O)CCCNC(=O)OCc3ccccc3)ccc2o1. The van der Waals surface area contributed by atoms with Gasteiger partial charge in [0, 0.05) is 24.1 Å². The highest BCUT2D eigenvalue weighted by atomic mass is 16.5. The molecule has 0 aliphatic carbocycles. The number of carbonyl (C=O) groups is 2. The third kappa shape index (κ3) is 6.07. The maximum atomic E-state index is 12.2. The lowest BCUT2D eigenvalue weighted by atomic mass is 9.97. The summed E-state index contributed by atoms with van der Waals surface area (Å²) in [5.74, 6) is 0.527. The van der Waals surface area contributed by atoms with Gasteiger partial charge in [-0.3, -0.25) is 4.79 Å². The Balaban J connectivity index is 1.39. The summed E-state index contributed by atoms with van der Waals surface area (Å²) in [6.07, 6.45) is 0.292. The van der Waals surface area contributed by atoms with Crippen molar-refractivity contribution in [1.29, 1.82) is 0 Å². The maximum Gasteiger partial charge on any atom is 0.407 e. The van der Waals surface area contributed by atoms with E-state index < -0.39 is 6.09 Å². The molecular weight excluding hydrogens is 382 g/mol. The second-order valence-electron chi connectivity index (χ2n) is 8.09. The van der Waals surface area contributed by atoms with E-state index >= 15 is 0 Å². The number of benzene rings is 2. The Labute approximate surface area is 175 Å². The van der Waals surface area contributed by atoms with Gasteiger partial charge in [-0.2, -0.15) is 0 Å². The minimum absolute atomic E-state index is 0.131. The van der Waals surface area contributed by atoms with Gasteiger partial charge in [0.1, 0.15) is 12.1 Å². The van der Waals surface area contributed by atoms with Crippen LogP contribution in [0.4, 0.5) is 10.5 Å². The number of ether oxygens (including phenoxy) is 1. The molecule has 0 aliphatic heterocycles. The number of alkyl carbamates (subject to hydrolysis) is 1. The molecule has 0 saturated carbocycles. The quantitative estimate of drug-likeness (QED) is 0.548. The molecular formula is C23H27N3O4. The second kappa shape index (κ2) is 9.43. The van der Waals surface area contributed by atoms with Crippen LogP contribution in [0.15, 0.2) is 52.9 Å². The second-order valence-corrected chi connectivity index (χ2v) is 8.09. The fraction of sp³-hybridized carbons (Fsp3) is 0.348. The van der Waals surface area contributed by atoms with Gasteiger partial charge in [0.25, 0.3) is 0 Å². The number of fused-ring (bicyclic) bond motifs is 1. The lowest BCUT2D eigenvalue weighted by Gasteiger charge is -2.11. The zero-order valence-electron chi connectivity index (χ0n) is 17.5. The van der Waals surface area contributed by atoms with Crippen LogP contribution in [0.2, 0.25) is 0 Å². The molecule has 3 aromatic rings. The molecule has 2 aromatic carbocycles. The molecule has 1 aromatic heterocycles. The van der Waals surface area contributed by atoms with Crippen molar-refractivity contribution in [3.63, 3.8) is 0 Å². The van der Waals surface area contributed by atoms with Crippen LogP contribution >= 0.6 is 0 Å². The average Bonchev–Trinajstić information content (AvgIpc) is 3.14. The Bertz CT molecular complexity index is 1010. The van der Waals surface area contributed by atoms with E-state index in [-0.39, 0.29) is 24.3 Å². The standard InChI is InChI=1S/C23H27N3O4/c1-23(2,3)21-26-18-14-17(11-12-19(18)30-21)25-20(27)10-7-13-24-22(28)29-15-16-8-5-4-6-9-16/h4-6,8-9,11-12,14H,7,10,13,15H2,1-3H3,(H,24,28)(H,25,27). The molecule has 2 N–H and O–H groups in total. The van der Waals surface area contributed by atoms with E-state index in [1.807, 2.05) is 51.1 Å². The molecule has 0 unspecified atom stereocenters. The van der Waals surface area contributed by atoms with E-state index in [0.29, 0.717) is 35.6 Å². The van der Waals surface area contributed by atoms with Crippen molar-refractivity contribution in [1.82, 2.24) is 10.3 Å². The molecule has 3 rings (SSSR count).